The molecule has 0 saturated carbocycles. The Kier molecular flexibility index (Phi) is 4.78. The van der Waals surface area contributed by atoms with E-state index in [1.165, 1.54) is 0 Å². The van der Waals surface area contributed by atoms with Crippen LogP contribution in [0.25, 0.3) is 10.8 Å². The number of nitrogens with zero attached hydrogens (tertiary/aromatic N) is 1. The molecular weight excluding hydrogens is 378 g/mol. The lowest BCUT2D eigenvalue weighted by molar-refractivity contribution is -0.133. The van der Waals surface area contributed by atoms with Gasteiger partial charge in [-0.05, 0) is 60.4 Å². The van der Waals surface area contributed by atoms with Crippen molar-refractivity contribution in [2.45, 2.75) is 26.3 Å². The molecule has 1 saturated heterocycles. The minimum absolute atomic E-state index is 0.349. The highest BCUT2D eigenvalue weighted by Gasteiger charge is 2.50. The molecule has 1 unspecified atom stereocenters. The summed E-state index contributed by atoms with van der Waals surface area (Å²) < 4.78 is 0. The number of fused-ring (bicyclic) bond motifs is 1. The molecule has 3 aromatic rings. The molecule has 4 amide bonds. The van der Waals surface area contributed by atoms with Crippen LogP contribution in [0.5, 0.6) is 0 Å². The number of anilines is 1. The van der Waals surface area contributed by atoms with Gasteiger partial charge in [-0.2, -0.15) is 0 Å². The van der Waals surface area contributed by atoms with Crippen LogP contribution < -0.4 is 10.6 Å². The molecule has 0 radical (unpaired) electrons. The molecule has 4 rings (SSSR count). The second-order valence-electron chi connectivity index (χ2n) is 7.90. The van der Waals surface area contributed by atoms with Gasteiger partial charge in [0.2, 0.25) is 5.91 Å². The quantitative estimate of drug-likeness (QED) is 0.652. The summed E-state index contributed by atoms with van der Waals surface area (Å²) in [6.07, 6.45) is 0. The SMILES string of the molecule is Cc1cc(C)cc(NC(=O)CN2C(=O)NC(C)(c3cccc4ccccc34)C2=O)c1. The largest absolute Gasteiger partial charge is 0.325 e. The lowest BCUT2D eigenvalue weighted by atomic mass is 9.88. The molecule has 0 aliphatic carbocycles. The van der Waals surface area contributed by atoms with Gasteiger partial charge in [-0.25, -0.2) is 4.79 Å². The van der Waals surface area contributed by atoms with Crippen LogP contribution >= 0.6 is 0 Å². The van der Waals surface area contributed by atoms with Crippen molar-refractivity contribution in [1.82, 2.24) is 10.2 Å². The van der Waals surface area contributed by atoms with E-state index in [9.17, 15) is 14.4 Å². The minimum Gasteiger partial charge on any atom is -0.325 e. The zero-order valence-electron chi connectivity index (χ0n) is 17.2. The van der Waals surface area contributed by atoms with E-state index in [4.69, 9.17) is 0 Å². The number of urea groups is 1. The van der Waals surface area contributed by atoms with Crippen molar-refractivity contribution >= 4 is 34.3 Å². The summed E-state index contributed by atoms with van der Waals surface area (Å²) in [5.41, 5.74) is 2.14. The maximum atomic E-state index is 13.2. The van der Waals surface area contributed by atoms with Crippen molar-refractivity contribution in [3.63, 3.8) is 0 Å². The zero-order chi connectivity index (χ0) is 21.5. The highest BCUT2D eigenvalue weighted by atomic mass is 16.2. The summed E-state index contributed by atoms with van der Waals surface area (Å²) in [5, 5.41) is 7.42. The standard InChI is InChI=1S/C24H23N3O3/c1-15-11-16(2)13-18(12-15)25-21(28)14-27-22(29)24(3,26-23(27)30)20-10-6-8-17-7-4-5-9-19(17)20/h4-13H,14H2,1-3H3,(H,25,28)(H,26,30). The Bertz CT molecular complexity index is 1160. The highest BCUT2D eigenvalue weighted by Crippen LogP contribution is 2.33. The molecule has 1 aliphatic rings. The van der Waals surface area contributed by atoms with Gasteiger partial charge >= 0.3 is 6.03 Å². The molecule has 0 spiro atoms. The molecule has 30 heavy (non-hydrogen) atoms. The molecule has 1 fully saturated rings. The first-order valence-corrected chi connectivity index (χ1v) is 9.78. The van der Waals surface area contributed by atoms with Gasteiger partial charge in [-0.1, -0.05) is 48.5 Å². The van der Waals surface area contributed by atoms with Gasteiger partial charge in [-0.3, -0.25) is 14.5 Å². The number of imide groups is 1. The predicted molar refractivity (Wildman–Crippen MR) is 116 cm³/mol. The smallest absolute Gasteiger partial charge is 0.325 e. The van der Waals surface area contributed by atoms with E-state index in [1.807, 2.05) is 74.5 Å². The van der Waals surface area contributed by atoms with Crippen molar-refractivity contribution in [2.24, 2.45) is 0 Å². The monoisotopic (exact) mass is 401 g/mol. The van der Waals surface area contributed by atoms with Crippen molar-refractivity contribution < 1.29 is 14.4 Å². The summed E-state index contributed by atoms with van der Waals surface area (Å²) in [4.78, 5) is 39.4. The fourth-order valence-electron chi connectivity index (χ4n) is 4.08. The molecule has 1 aliphatic heterocycles. The Morgan fingerprint density at radius 1 is 1.00 bits per heavy atom. The van der Waals surface area contributed by atoms with Crippen molar-refractivity contribution in [3.8, 4) is 0 Å². The van der Waals surface area contributed by atoms with Gasteiger partial charge < -0.3 is 10.6 Å². The van der Waals surface area contributed by atoms with Crippen LogP contribution in [0, 0.1) is 13.8 Å². The van der Waals surface area contributed by atoms with Gasteiger partial charge in [0.25, 0.3) is 5.91 Å². The van der Waals surface area contributed by atoms with E-state index in [2.05, 4.69) is 10.6 Å². The Balaban J connectivity index is 1.58. The summed E-state index contributed by atoms with van der Waals surface area (Å²) in [6.45, 7) is 5.21. The molecule has 6 nitrogen and oxygen atoms in total. The number of amides is 4. The topological polar surface area (TPSA) is 78.5 Å². The van der Waals surface area contributed by atoms with Crippen LogP contribution in [0.4, 0.5) is 10.5 Å². The third-order valence-corrected chi connectivity index (χ3v) is 5.41. The van der Waals surface area contributed by atoms with Gasteiger partial charge in [0, 0.05) is 5.69 Å². The Labute approximate surface area is 174 Å². The van der Waals surface area contributed by atoms with E-state index in [0.29, 0.717) is 11.3 Å². The molecular formula is C24H23N3O3. The van der Waals surface area contributed by atoms with E-state index >= 15 is 0 Å². The average molecular weight is 401 g/mol. The molecule has 0 aromatic heterocycles. The van der Waals surface area contributed by atoms with E-state index in [0.717, 1.165) is 26.8 Å². The Morgan fingerprint density at radius 2 is 1.67 bits per heavy atom. The lowest BCUT2D eigenvalue weighted by Gasteiger charge is -2.24. The predicted octanol–water partition coefficient (Wildman–Crippen LogP) is 3.86. The summed E-state index contributed by atoms with van der Waals surface area (Å²) in [6, 6.07) is 18.5. The van der Waals surface area contributed by atoms with Crippen LogP contribution in [0.1, 0.15) is 23.6 Å². The number of carbonyl (C=O) groups excluding carboxylic acids is 3. The van der Waals surface area contributed by atoms with Crippen LogP contribution in [-0.4, -0.2) is 29.3 Å². The van der Waals surface area contributed by atoms with Gasteiger partial charge in [0.15, 0.2) is 0 Å². The first-order chi connectivity index (χ1) is 14.3. The number of hydrogen-bond donors (Lipinski definition) is 2. The second-order valence-corrected chi connectivity index (χ2v) is 7.90. The van der Waals surface area contributed by atoms with Crippen molar-refractivity contribution in [2.75, 3.05) is 11.9 Å². The molecule has 3 aromatic carbocycles. The number of benzene rings is 3. The average Bonchev–Trinajstić information content (AvgIpc) is 2.90. The first-order valence-electron chi connectivity index (χ1n) is 9.78. The maximum Gasteiger partial charge on any atom is 0.325 e. The molecule has 2 N–H and O–H groups in total. The number of rotatable bonds is 4. The van der Waals surface area contributed by atoms with Crippen molar-refractivity contribution in [3.05, 3.63) is 77.4 Å². The summed E-state index contributed by atoms with van der Waals surface area (Å²) in [5.74, 6) is -0.870. The highest BCUT2D eigenvalue weighted by molar-refractivity contribution is 6.11. The summed E-state index contributed by atoms with van der Waals surface area (Å²) >= 11 is 0. The van der Waals surface area contributed by atoms with Crippen LogP contribution in [0.3, 0.4) is 0 Å². The Morgan fingerprint density at radius 3 is 2.40 bits per heavy atom. The van der Waals surface area contributed by atoms with Crippen molar-refractivity contribution in [1.29, 1.82) is 0 Å². The molecule has 0 bridgehead atoms. The zero-order valence-corrected chi connectivity index (χ0v) is 17.2. The number of aryl methyl sites for hydroxylation is 2. The van der Waals surface area contributed by atoms with Gasteiger partial charge in [-0.15, -0.1) is 0 Å². The van der Waals surface area contributed by atoms with E-state index < -0.39 is 23.4 Å². The van der Waals surface area contributed by atoms with Gasteiger partial charge in [0.05, 0.1) is 0 Å². The third kappa shape index (κ3) is 3.41. The normalized spacial score (nSPS) is 18.6. The van der Waals surface area contributed by atoms with Crippen LogP contribution in [0.2, 0.25) is 0 Å². The lowest BCUT2D eigenvalue weighted by Crippen LogP contribution is -2.42. The minimum atomic E-state index is -1.24. The van der Waals surface area contributed by atoms with Gasteiger partial charge in [0.1, 0.15) is 12.1 Å². The van der Waals surface area contributed by atoms with E-state index in [-0.39, 0.29) is 6.54 Å². The Hall–Kier alpha value is -3.67. The molecule has 6 heteroatoms. The summed E-state index contributed by atoms with van der Waals surface area (Å²) in [7, 11) is 0. The van der Waals surface area contributed by atoms with E-state index in [1.54, 1.807) is 6.92 Å². The first kappa shape index (κ1) is 19.6. The fraction of sp³-hybridized carbons (Fsp3) is 0.208. The fourth-order valence-corrected chi connectivity index (χ4v) is 4.08. The number of carbonyl (C=O) groups is 3. The number of hydrogen-bond acceptors (Lipinski definition) is 3. The second kappa shape index (κ2) is 7.30. The molecule has 1 atom stereocenters. The van der Waals surface area contributed by atoms with Crippen LogP contribution in [0.15, 0.2) is 60.7 Å². The number of nitrogens with one attached hydrogen (secondary N) is 2. The van der Waals surface area contributed by atoms with Crippen LogP contribution in [-0.2, 0) is 15.1 Å². The molecule has 1 heterocycles. The maximum absolute atomic E-state index is 13.2. The molecule has 152 valence electrons. The third-order valence-electron chi connectivity index (χ3n) is 5.41.